The fourth-order valence-corrected chi connectivity index (χ4v) is 4.51. The second-order valence-corrected chi connectivity index (χ2v) is 10.1. The standard InChI is InChI=1S/C36H34O9/c37-22-21-30(43-34(39)27-15-7-2-8-16-27)23-31(44-35(40)28-17-9-3-10-18-28)24-32(45-36(41)29-19-11-4-12-20-29)25-42-33(38)26-13-5-1-6-14-26/h1-20,30-32,37H,21-25H2/t30-,31+,32+/m1/s1. The topological polar surface area (TPSA) is 125 Å². The van der Waals surface area contributed by atoms with Crippen LogP contribution in [0, 0.1) is 0 Å². The average Bonchev–Trinajstić information content (AvgIpc) is 3.08. The van der Waals surface area contributed by atoms with Gasteiger partial charge in [0.25, 0.3) is 0 Å². The monoisotopic (exact) mass is 610 g/mol. The van der Waals surface area contributed by atoms with E-state index >= 15 is 0 Å². The molecular weight excluding hydrogens is 576 g/mol. The van der Waals surface area contributed by atoms with Crippen LogP contribution in [0.2, 0.25) is 0 Å². The Morgan fingerprint density at radius 2 is 0.800 bits per heavy atom. The van der Waals surface area contributed by atoms with E-state index in [1.807, 2.05) is 0 Å². The van der Waals surface area contributed by atoms with Gasteiger partial charge in [0, 0.05) is 25.9 Å². The Hall–Kier alpha value is -5.28. The Balaban J connectivity index is 1.56. The zero-order valence-electron chi connectivity index (χ0n) is 24.5. The van der Waals surface area contributed by atoms with Crippen molar-refractivity contribution in [2.75, 3.05) is 13.2 Å². The number of ether oxygens (including phenoxy) is 4. The van der Waals surface area contributed by atoms with Crippen molar-refractivity contribution in [2.24, 2.45) is 0 Å². The van der Waals surface area contributed by atoms with Crippen molar-refractivity contribution in [2.45, 2.75) is 37.6 Å². The van der Waals surface area contributed by atoms with Crippen LogP contribution < -0.4 is 0 Å². The first-order chi connectivity index (χ1) is 21.9. The van der Waals surface area contributed by atoms with E-state index in [9.17, 15) is 24.3 Å². The van der Waals surface area contributed by atoms with Gasteiger partial charge in [-0.15, -0.1) is 0 Å². The van der Waals surface area contributed by atoms with E-state index in [2.05, 4.69) is 0 Å². The molecule has 0 aliphatic rings. The average molecular weight is 611 g/mol. The maximum Gasteiger partial charge on any atom is 0.338 e. The number of hydrogen-bond donors (Lipinski definition) is 1. The highest BCUT2D eigenvalue weighted by Crippen LogP contribution is 2.21. The molecule has 0 heterocycles. The van der Waals surface area contributed by atoms with Gasteiger partial charge in [0.1, 0.15) is 24.9 Å². The number of aliphatic hydroxyl groups excluding tert-OH is 1. The van der Waals surface area contributed by atoms with Gasteiger partial charge in [-0.3, -0.25) is 0 Å². The first-order valence-electron chi connectivity index (χ1n) is 14.5. The summed E-state index contributed by atoms with van der Waals surface area (Å²) in [7, 11) is 0. The Morgan fingerprint density at radius 3 is 1.20 bits per heavy atom. The largest absolute Gasteiger partial charge is 0.459 e. The molecule has 4 rings (SSSR count). The van der Waals surface area contributed by atoms with E-state index in [-0.39, 0.29) is 43.6 Å². The second kappa shape index (κ2) is 17.1. The van der Waals surface area contributed by atoms with Crippen molar-refractivity contribution in [1.29, 1.82) is 0 Å². The van der Waals surface area contributed by atoms with Gasteiger partial charge in [-0.1, -0.05) is 72.8 Å². The molecule has 0 radical (unpaired) electrons. The number of carbonyl (C=O) groups is 4. The van der Waals surface area contributed by atoms with Crippen LogP contribution >= 0.6 is 0 Å². The van der Waals surface area contributed by atoms with E-state index in [1.165, 1.54) is 0 Å². The number of hydrogen-bond acceptors (Lipinski definition) is 9. The van der Waals surface area contributed by atoms with Gasteiger partial charge in [-0.05, 0) is 48.5 Å². The lowest BCUT2D eigenvalue weighted by molar-refractivity contribution is -0.0360. The van der Waals surface area contributed by atoms with Crippen molar-refractivity contribution < 1.29 is 43.2 Å². The summed E-state index contributed by atoms with van der Waals surface area (Å²) in [6.07, 6.45) is -2.92. The molecule has 0 spiro atoms. The van der Waals surface area contributed by atoms with Crippen LogP contribution in [0.3, 0.4) is 0 Å². The van der Waals surface area contributed by atoms with Crippen molar-refractivity contribution in [3.05, 3.63) is 144 Å². The highest BCUT2D eigenvalue weighted by atomic mass is 16.6. The summed E-state index contributed by atoms with van der Waals surface area (Å²) in [4.78, 5) is 51.8. The zero-order chi connectivity index (χ0) is 31.9. The summed E-state index contributed by atoms with van der Waals surface area (Å²) in [5.41, 5.74) is 1.20. The molecule has 0 aliphatic carbocycles. The highest BCUT2D eigenvalue weighted by molar-refractivity contribution is 5.91. The number of rotatable bonds is 15. The lowest BCUT2D eigenvalue weighted by Crippen LogP contribution is -2.34. The summed E-state index contributed by atoms with van der Waals surface area (Å²) in [6.45, 7) is -0.632. The van der Waals surface area contributed by atoms with Crippen LogP contribution in [0.1, 0.15) is 60.7 Å². The molecule has 4 aromatic carbocycles. The predicted molar refractivity (Wildman–Crippen MR) is 165 cm³/mol. The lowest BCUT2D eigenvalue weighted by Gasteiger charge is -2.27. The SMILES string of the molecule is O=C(OC[C@H](C[C@H](C[C@@H](CCO)OC(=O)c1ccccc1)OC(=O)c1ccccc1)OC(=O)c1ccccc1)c1ccccc1. The Morgan fingerprint density at radius 1 is 0.467 bits per heavy atom. The van der Waals surface area contributed by atoms with Crippen LogP contribution in [-0.2, 0) is 18.9 Å². The Bertz CT molecular complexity index is 1510. The molecule has 0 saturated carbocycles. The number of esters is 4. The summed E-state index contributed by atoms with van der Waals surface area (Å²) < 4.78 is 22.8. The van der Waals surface area contributed by atoms with E-state index in [4.69, 9.17) is 18.9 Å². The highest BCUT2D eigenvalue weighted by Gasteiger charge is 2.29. The van der Waals surface area contributed by atoms with Crippen molar-refractivity contribution in [3.63, 3.8) is 0 Å². The Labute approximate surface area is 261 Å². The molecule has 0 aromatic heterocycles. The van der Waals surface area contributed by atoms with E-state index in [0.717, 1.165) is 0 Å². The minimum Gasteiger partial charge on any atom is -0.459 e. The second-order valence-electron chi connectivity index (χ2n) is 10.1. The molecule has 0 unspecified atom stereocenters. The first kappa shape index (κ1) is 32.6. The Kier molecular flexibility index (Phi) is 12.4. The summed E-state index contributed by atoms with van der Waals surface area (Å²) in [5.74, 6) is -2.53. The molecule has 232 valence electrons. The van der Waals surface area contributed by atoms with Gasteiger partial charge in [-0.25, -0.2) is 19.2 Å². The van der Waals surface area contributed by atoms with Crippen molar-refractivity contribution >= 4 is 23.9 Å². The smallest absolute Gasteiger partial charge is 0.338 e. The van der Waals surface area contributed by atoms with Gasteiger partial charge < -0.3 is 24.1 Å². The summed E-state index contributed by atoms with van der Waals surface area (Å²) in [6, 6.07) is 33.3. The van der Waals surface area contributed by atoms with Crippen LogP contribution in [-0.4, -0.2) is 60.5 Å². The third-order valence-electron chi connectivity index (χ3n) is 6.76. The van der Waals surface area contributed by atoms with Crippen LogP contribution in [0.25, 0.3) is 0 Å². The van der Waals surface area contributed by atoms with Crippen LogP contribution in [0.15, 0.2) is 121 Å². The summed E-state index contributed by atoms with van der Waals surface area (Å²) in [5, 5.41) is 9.75. The van der Waals surface area contributed by atoms with E-state index < -0.39 is 42.2 Å². The molecule has 0 saturated heterocycles. The molecule has 0 bridgehead atoms. The van der Waals surface area contributed by atoms with E-state index in [0.29, 0.717) is 11.1 Å². The van der Waals surface area contributed by atoms with Gasteiger partial charge in [0.05, 0.1) is 22.3 Å². The number of benzene rings is 4. The number of aliphatic hydroxyl groups is 1. The lowest BCUT2D eigenvalue weighted by atomic mass is 10.0. The quantitative estimate of drug-likeness (QED) is 0.134. The molecule has 1 N–H and O–H groups in total. The fourth-order valence-electron chi connectivity index (χ4n) is 4.51. The van der Waals surface area contributed by atoms with Crippen LogP contribution in [0.4, 0.5) is 0 Å². The third-order valence-corrected chi connectivity index (χ3v) is 6.76. The maximum atomic E-state index is 13.1. The van der Waals surface area contributed by atoms with E-state index in [1.54, 1.807) is 121 Å². The summed E-state index contributed by atoms with van der Waals surface area (Å²) >= 11 is 0. The molecule has 4 aromatic rings. The first-order valence-corrected chi connectivity index (χ1v) is 14.5. The molecule has 0 amide bonds. The molecular formula is C36H34O9. The molecule has 0 fully saturated rings. The third kappa shape index (κ3) is 10.4. The van der Waals surface area contributed by atoms with Gasteiger partial charge in [0.2, 0.25) is 0 Å². The zero-order valence-corrected chi connectivity index (χ0v) is 24.5. The molecule has 45 heavy (non-hydrogen) atoms. The minimum absolute atomic E-state index is 0.0241. The van der Waals surface area contributed by atoms with Gasteiger partial charge in [0.15, 0.2) is 0 Å². The van der Waals surface area contributed by atoms with Gasteiger partial charge in [-0.2, -0.15) is 0 Å². The maximum absolute atomic E-state index is 13.1. The van der Waals surface area contributed by atoms with Crippen LogP contribution in [0.5, 0.6) is 0 Å². The van der Waals surface area contributed by atoms with Gasteiger partial charge >= 0.3 is 23.9 Å². The molecule has 9 nitrogen and oxygen atoms in total. The predicted octanol–water partition coefficient (Wildman–Crippen LogP) is 5.68. The molecule has 9 heteroatoms. The normalized spacial score (nSPS) is 12.6. The fraction of sp³-hybridized carbons (Fsp3) is 0.222. The molecule has 0 aliphatic heterocycles. The van der Waals surface area contributed by atoms with Crippen molar-refractivity contribution in [1.82, 2.24) is 0 Å². The minimum atomic E-state index is -1.04. The molecule has 3 atom stereocenters. The number of carbonyl (C=O) groups excluding carboxylic acids is 4. The van der Waals surface area contributed by atoms with Crippen molar-refractivity contribution in [3.8, 4) is 0 Å².